The number of benzene rings is 2. The summed E-state index contributed by atoms with van der Waals surface area (Å²) in [5.41, 5.74) is 6.58. The molecule has 2 atom stereocenters. The standard InChI is InChI=1S/C38H51IN4O13/c1-25(37(49)50)20-34(46)41-10-14-55-18-16-53-12-2-4-32(44)27-21-28(23-30(22-27)43-36(48)26-6-8-29(39)9-7-26)33(45)5-3-13-54-17-19-56-15-11-42-35(47)24-31(40)38(51)52/h6-9,21-23,25,31H,2-5,10-20,24,40H2,1H3,(H,41,46)(H,42,47)(H,43,48)(H,49,50)(H,51,52)/t25-,31?/m0/s1. The zero-order valence-electron chi connectivity index (χ0n) is 31.4. The maximum absolute atomic E-state index is 13.2. The molecule has 0 radical (unpaired) electrons. The summed E-state index contributed by atoms with van der Waals surface area (Å²) in [6.07, 6.45) is 0.604. The van der Waals surface area contributed by atoms with Gasteiger partial charge in [-0.25, -0.2) is 0 Å². The first-order valence-electron chi connectivity index (χ1n) is 18.1. The molecule has 2 aromatic rings. The summed E-state index contributed by atoms with van der Waals surface area (Å²) in [6.45, 7) is 3.86. The van der Waals surface area contributed by atoms with E-state index in [0.29, 0.717) is 24.1 Å². The van der Waals surface area contributed by atoms with Crippen LogP contribution in [0.1, 0.15) is 76.5 Å². The molecule has 18 heteroatoms. The Bertz CT molecular complexity index is 1520. The van der Waals surface area contributed by atoms with Crippen molar-refractivity contribution in [3.8, 4) is 0 Å². The summed E-state index contributed by atoms with van der Waals surface area (Å²) in [5.74, 6) is -4.78. The van der Waals surface area contributed by atoms with E-state index in [2.05, 4.69) is 38.5 Å². The number of halogens is 1. The minimum absolute atomic E-state index is 0.111. The highest BCUT2D eigenvalue weighted by molar-refractivity contribution is 14.1. The topological polar surface area (TPSA) is 259 Å². The number of Topliss-reactive ketones (excluding diaryl/α,β-unsaturated/α-hetero) is 2. The van der Waals surface area contributed by atoms with Crippen molar-refractivity contribution in [2.75, 3.05) is 71.3 Å². The highest BCUT2D eigenvalue weighted by Crippen LogP contribution is 2.20. The first-order valence-corrected chi connectivity index (χ1v) is 19.2. The van der Waals surface area contributed by atoms with Gasteiger partial charge in [0, 0.05) is 71.5 Å². The number of ether oxygens (including phenoxy) is 4. The second-order valence-electron chi connectivity index (χ2n) is 12.6. The molecule has 17 nitrogen and oxygen atoms in total. The fourth-order valence-corrected chi connectivity index (χ4v) is 5.11. The van der Waals surface area contributed by atoms with E-state index >= 15 is 0 Å². The van der Waals surface area contributed by atoms with Crippen molar-refractivity contribution in [3.05, 3.63) is 62.7 Å². The van der Waals surface area contributed by atoms with Crippen LogP contribution in [0.5, 0.6) is 0 Å². The summed E-state index contributed by atoms with van der Waals surface area (Å²) in [4.78, 5) is 84.3. The van der Waals surface area contributed by atoms with Gasteiger partial charge in [-0.15, -0.1) is 0 Å². The number of hydrogen-bond acceptors (Lipinski definition) is 12. The summed E-state index contributed by atoms with van der Waals surface area (Å²) in [6, 6.07) is 10.3. The summed E-state index contributed by atoms with van der Waals surface area (Å²) in [5, 5.41) is 25.5. The Kier molecular flexibility index (Phi) is 23.3. The van der Waals surface area contributed by atoms with Crippen LogP contribution in [0, 0.1) is 9.49 Å². The van der Waals surface area contributed by atoms with E-state index < -0.39 is 35.7 Å². The van der Waals surface area contributed by atoms with Gasteiger partial charge in [0.1, 0.15) is 6.04 Å². The van der Waals surface area contributed by atoms with Gasteiger partial charge in [0.15, 0.2) is 11.6 Å². The molecule has 0 fully saturated rings. The Hall–Kier alpha value is -4.34. The van der Waals surface area contributed by atoms with Crippen molar-refractivity contribution < 1.29 is 62.7 Å². The van der Waals surface area contributed by atoms with Gasteiger partial charge in [-0.2, -0.15) is 0 Å². The minimum atomic E-state index is -1.27. The van der Waals surface area contributed by atoms with Gasteiger partial charge in [0.05, 0.1) is 52.0 Å². The van der Waals surface area contributed by atoms with E-state index in [1.807, 2.05) is 0 Å². The van der Waals surface area contributed by atoms with E-state index in [9.17, 15) is 33.6 Å². The second kappa shape index (κ2) is 27.3. The van der Waals surface area contributed by atoms with Crippen LogP contribution in [0.25, 0.3) is 0 Å². The summed E-state index contributed by atoms with van der Waals surface area (Å²) < 4.78 is 22.8. The van der Waals surface area contributed by atoms with Gasteiger partial charge in [-0.3, -0.25) is 33.6 Å². The van der Waals surface area contributed by atoms with Crippen molar-refractivity contribution >= 4 is 69.5 Å². The molecule has 1 unspecified atom stereocenters. The molecule has 0 bridgehead atoms. The molecule has 0 aliphatic carbocycles. The van der Waals surface area contributed by atoms with Gasteiger partial charge in [0.25, 0.3) is 5.91 Å². The van der Waals surface area contributed by atoms with Gasteiger partial charge in [-0.05, 0) is 77.9 Å². The number of carboxylic acid groups (broad SMARTS) is 2. The van der Waals surface area contributed by atoms with Crippen LogP contribution in [0.15, 0.2) is 42.5 Å². The lowest BCUT2D eigenvalue weighted by atomic mass is 9.99. The molecule has 0 saturated carbocycles. The number of carbonyl (C=O) groups is 7. The first kappa shape index (κ1) is 47.8. The van der Waals surface area contributed by atoms with Crippen LogP contribution >= 0.6 is 22.6 Å². The Morgan fingerprint density at radius 2 is 1.11 bits per heavy atom. The highest BCUT2D eigenvalue weighted by atomic mass is 127. The lowest BCUT2D eigenvalue weighted by molar-refractivity contribution is -0.143. The van der Waals surface area contributed by atoms with Crippen molar-refractivity contribution in [1.82, 2.24) is 10.6 Å². The number of amides is 3. The third-order valence-electron chi connectivity index (χ3n) is 7.84. The number of nitrogens with one attached hydrogen (secondary N) is 3. The molecule has 0 spiro atoms. The largest absolute Gasteiger partial charge is 0.481 e. The molecule has 2 rings (SSSR count). The van der Waals surface area contributed by atoms with E-state index in [4.69, 9.17) is 34.9 Å². The third kappa shape index (κ3) is 20.5. The highest BCUT2D eigenvalue weighted by Gasteiger charge is 2.18. The van der Waals surface area contributed by atoms with E-state index in [0.717, 1.165) is 3.57 Å². The number of ketones is 2. The molecular weight excluding hydrogens is 847 g/mol. The number of anilines is 1. The molecule has 0 saturated heterocycles. The van der Waals surface area contributed by atoms with Crippen LogP contribution < -0.4 is 21.7 Å². The van der Waals surface area contributed by atoms with Gasteiger partial charge >= 0.3 is 11.9 Å². The molecule has 0 heterocycles. The van der Waals surface area contributed by atoms with E-state index in [1.165, 1.54) is 19.1 Å². The predicted octanol–water partition coefficient (Wildman–Crippen LogP) is 2.68. The van der Waals surface area contributed by atoms with Crippen LogP contribution in [0.2, 0.25) is 0 Å². The number of carbonyl (C=O) groups excluding carboxylic acids is 5. The minimum Gasteiger partial charge on any atom is -0.481 e. The number of aliphatic carboxylic acids is 2. The second-order valence-corrected chi connectivity index (χ2v) is 13.8. The number of rotatable bonds is 30. The Labute approximate surface area is 338 Å². The quantitative estimate of drug-likeness (QED) is 0.0375. The van der Waals surface area contributed by atoms with Gasteiger partial charge in [0.2, 0.25) is 11.8 Å². The van der Waals surface area contributed by atoms with Crippen molar-refractivity contribution in [3.63, 3.8) is 0 Å². The third-order valence-corrected chi connectivity index (χ3v) is 8.56. The fraction of sp³-hybridized carbons (Fsp3) is 0.500. The zero-order chi connectivity index (χ0) is 41.3. The zero-order valence-corrected chi connectivity index (χ0v) is 33.5. The van der Waals surface area contributed by atoms with E-state index in [1.54, 1.807) is 30.3 Å². The number of hydrogen-bond donors (Lipinski definition) is 6. The first-order chi connectivity index (χ1) is 26.8. The normalized spacial score (nSPS) is 12.0. The fourth-order valence-electron chi connectivity index (χ4n) is 4.75. The summed E-state index contributed by atoms with van der Waals surface area (Å²) in [7, 11) is 0. The van der Waals surface area contributed by atoms with Crippen LogP contribution in [0.3, 0.4) is 0 Å². The van der Waals surface area contributed by atoms with Gasteiger partial charge < -0.3 is 50.8 Å². The number of nitrogens with two attached hydrogens (primary N) is 1. The molecule has 56 heavy (non-hydrogen) atoms. The SMILES string of the molecule is C[C@@H](CC(=O)NCCOCCOCCCC(=O)c1cc(NC(=O)c2ccc(I)cc2)cc(C(=O)CCCOCCOCCNC(=O)CC(N)C(=O)O)c1)C(=O)O. The lowest BCUT2D eigenvalue weighted by Crippen LogP contribution is -2.38. The Morgan fingerprint density at radius 1 is 0.643 bits per heavy atom. The Morgan fingerprint density at radius 3 is 1.57 bits per heavy atom. The average molecular weight is 899 g/mol. The average Bonchev–Trinajstić information content (AvgIpc) is 3.15. The predicted molar refractivity (Wildman–Crippen MR) is 212 cm³/mol. The molecule has 3 amide bonds. The number of carboxylic acids is 2. The maximum atomic E-state index is 13.2. The molecule has 0 aliphatic heterocycles. The van der Waals surface area contributed by atoms with Crippen molar-refractivity contribution in [1.29, 1.82) is 0 Å². The van der Waals surface area contributed by atoms with Crippen molar-refractivity contribution in [2.45, 2.75) is 51.5 Å². The van der Waals surface area contributed by atoms with Gasteiger partial charge in [-0.1, -0.05) is 6.92 Å². The lowest BCUT2D eigenvalue weighted by Gasteiger charge is -2.11. The molecule has 2 aromatic carbocycles. The van der Waals surface area contributed by atoms with Crippen LogP contribution in [-0.4, -0.2) is 123 Å². The molecule has 0 aliphatic rings. The smallest absolute Gasteiger partial charge is 0.321 e. The van der Waals surface area contributed by atoms with Crippen LogP contribution in [-0.2, 0) is 38.1 Å². The molecule has 0 aromatic heterocycles. The molecule has 308 valence electrons. The molecular formula is C38H51IN4O13. The Balaban J connectivity index is 1.79. The summed E-state index contributed by atoms with van der Waals surface area (Å²) >= 11 is 2.13. The van der Waals surface area contributed by atoms with Crippen molar-refractivity contribution in [2.24, 2.45) is 11.7 Å². The van der Waals surface area contributed by atoms with Crippen LogP contribution in [0.4, 0.5) is 5.69 Å². The monoisotopic (exact) mass is 898 g/mol. The maximum Gasteiger partial charge on any atom is 0.321 e. The van der Waals surface area contributed by atoms with E-state index in [-0.39, 0.29) is 120 Å². The molecule has 7 N–H and O–H groups in total.